The zero-order valence-corrected chi connectivity index (χ0v) is 13.8. The Morgan fingerprint density at radius 1 is 1.12 bits per heavy atom. The largest absolute Gasteiger partial charge is 0.454 e. The number of rotatable bonds is 3. The van der Waals surface area contributed by atoms with E-state index in [1.807, 2.05) is 24.3 Å². The number of hydrogen-bond donors (Lipinski definition) is 1. The lowest BCUT2D eigenvalue weighted by atomic mass is 10.1. The van der Waals surface area contributed by atoms with Crippen LogP contribution in [0.5, 0.6) is 11.5 Å². The summed E-state index contributed by atoms with van der Waals surface area (Å²) in [6.45, 7) is 4.57. The van der Waals surface area contributed by atoms with Crippen LogP contribution in [0.2, 0.25) is 0 Å². The maximum absolute atomic E-state index is 9.40. The molecule has 0 bridgehead atoms. The van der Waals surface area contributed by atoms with Crippen molar-refractivity contribution in [2.75, 3.05) is 33.0 Å². The maximum atomic E-state index is 9.40. The van der Waals surface area contributed by atoms with Crippen LogP contribution in [-0.4, -0.2) is 58.8 Å². The summed E-state index contributed by atoms with van der Waals surface area (Å²) in [6.07, 6.45) is 3.43. The van der Waals surface area contributed by atoms with Crippen LogP contribution in [-0.2, 0) is 6.54 Å². The number of piperazine rings is 1. The number of benzene rings is 1. The number of aromatic nitrogens is 1. The molecule has 2 aromatic rings. The number of nitrogens with zero attached hydrogens (tertiary/aromatic N) is 4. The van der Waals surface area contributed by atoms with Gasteiger partial charge in [-0.1, -0.05) is 11.2 Å². The predicted molar refractivity (Wildman–Crippen MR) is 92.0 cm³/mol. The second-order valence-corrected chi connectivity index (χ2v) is 6.12. The highest BCUT2D eigenvalue weighted by molar-refractivity contribution is 5.98. The molecule has 25 heavy (non-hydrogen) atoms. The van der Waals surface area contributed by atoms with Gasteiger partial charge in [0.2, 0.25) is 6.79 Å². The Kier molecular flexibility index (Phi) is 4.39. The lowest BCUT2D eigenvalue weighted by Gasteiger charge is -2.36. The fraction of sp³-hybridized carbons (Fsp3) is 0.333. The van der Waals surface area contributed by atoms with Crippen LogP contribution >= 0.6 is 0 Å². The fourth-order valence-electron chi connectivity index (χ4n) is 3.21. The van der Waals surface area contributed by atoms with Crippen LogP contribution in [0.25, 0.3) is 0 Å². The molecule has 1 aromatic carbocycles. The van der Waals surface area contributed by atoms with E-state index >= 15 is 0 Å². The Morgan fingerprint density at radius 3 is 2.72 bits per heavy atom. The molecular weight excluding hydrogens is 320 g/mol. The number of fused-ring (bicyclic) bond motifs is 1. The highest BCUT2D eigenvalue weighted by Crippen LogP contribution is 2.32. The summed E-state index contributed by atoms with van der Waals surface area (Å²) in [5.41, 5.74) is 2.04. The summed E-state index contributed by atoms with van der Waals surface area (Å²) in [5.74, 6) is 2.21. The molecule has 0 aliphatic carbocycles. The summed E-state index contributed by atoms with van der Waals surface area (Å²) < 4.78 is 10.8. The van der Waals surface area contributed by atoms with Crippen LogP contribution < -0.4 is 9.47 Å². The molecule has 1 saturated heterocycles. The topological polar surface area (TPSA) is 70.4 Å². The molecule has 2 aliphatic heterocycles. The average molecular weight is 340 g/mol. The van der Waals surface area contributed by atoms with Crippen molar-refractivity contribution in [2.24, 2.45) is 5.16 Å². The van der Waals surface area contributed by atoms with Crippen molar-refractivity contribution in [3.63, 3.8) is 0 Å². The first-order chi connectivity index (χ1) is 12.3. The molecule has 0 spiro atoms. The third-order valence-electron chi connectivity index (χ3n) is 4.53. The second kappa shape index (κ2) is 6.98. The van der Waals surface area contributed by atoms with Gasteiger partial charge < -0.3 is 19.6 Å². The third kappa shape index (κ3) is 3.36. The fourth-order valence-corrected chi connectivity index (χ4v) is 3.21. The van der Waals surface area contributed by atoms with Gasteiger partial charge in [0.05, 0.1) is 0 Å². The second-order valence-electron chi connectivity index (χ2n) is 6.12. The molecule has 0 atom stereocenters. The quantitative estimate of drug-likeness (QED) is 0.397. The van der Waals surface area contributed by atoms with Crippen molar-refractivity contribution in [1.29, 1.82) is 0 Å². The normalized spacial score (nSPS) is 17.8. The van der Waals surface area contributed by atoms with Crippen molar-refractivity contribution >= 4 is 5.84 Å². The zero-order chi connectivity index (χ0) is 17.1. The van der Waals surface area contributed by atoms with Gasteiger partial charge in [-0.25, -0.2) is 0 Å². The van der Waals surface area contributed by atoms with E-state index < -0.39 is 0 Å². The number of hydrogen-bond acceptors (Lipinski definition) is 6. The molecule has 130 valence electrons. The van der Waals surface area contributed by atoms with Crippen molar-refractivity contribution in [2.45, 2.75) is 6.54 Å². The molecule has 0 unspecified atom stereocenters. The zero-order valence-electron chi connectivity index (χ0n) is 13.8. The predicted octanol–water partition coefficient (Wildman–Crippen LogP) is 1.76. The van der Waals surface area contributed by atoms with Gasteiger partial charge in [0, 0.05) is 50.7 Å². The van der Waals surface area contributed by atoms with Crippen LogP contribution in [0.1, 0.15) is 11.1 Å². The minimum absolute atomic E-state index is 0.301. The molecule has 1 aromatic heterocycles. The van der Waals surface area contributed by atoms with E-state index in [2.05, 4.69) is 26.0 Å². The minimum Gasteiger partial charge on any atom is -0.454 e. The SMILES string of the molecule is O/N=C(\c1cccnc1)N1CCN(Cc2ccc3c(c2)OCO3)CC1. The maximum Gasteiger partial charge on any atom is 0.231 e. The Bertz CT molecular complexity index is 758. The molecule has 0 radical (unpaired) electrons. The smallest absolute Gasteiger partial charge is 0.231 e. The molecule has 0 saturated carbocycles. The number of pyridine rings is 1. The lowest BCUT2D eigenvalue weighted by molar-refractivity contribution is 0.170. The van der Waals surface area contributed by atoms with Gasteiger partial charge in [0.25, 0.3) is 0 Å². The standard InChI is InChI=1S/C18H20N4O3/c23-20-18(15-2-1-5-19-11-15)22-8-6-21(7-9-22)12-14-3-4-16-17(10-14)25-13-24-16/h1-5,10-11,23H,6-9,12-13H2/b20-18+. The van der Waals surface area contributed by atoms with Gasteiger partial charge in [-0.15, -0.1) is 0 Å². The van der Waals surface area contributed by atoms with Gasteiger partial charge in [0.1, 0.15) is 0 Å². The van der Waals surface area contributed by atoms with Crippen molar-refractivity contribution in [3.05, 3.63) is 53.9 Å². The molecular formula is C18H20N4O3. The molecule has 0 amide bonds. The third-order valence-corrected chi connectivity index (χ3v) is 4.53. The van der Waals surface area contributed by atoms with Crippen LogP contribution in [0, 0.1) is 0 Å². The van der Waals surface area contributed by atoms with E-state index in [1.54, 1.807) is 12.4 Å². The van der Waals surface area contributed by atoms with E-state index in [-0.39, 0.29) is 0 Å². The Morgan fingerprint density at radius 2 is 1.96 bits per heavy atom. The highest BCUT2D eigenvalue weighted by Gasteiger charge is 2.22. The molecule has 7 nitrogen and oxygen atoms in total. The molecule has 4 rings (SSSR count). The summed E-state index contributed by atoms with van der Waals surface area (Å²) in [5, 5.41) is 12.9. The number of ether oxygens (including phenoxy) is 2. The monoisotopic (exact) mass is 340 g/mol. The molecule has 1 N–H and O–H groups in total. The van der Waals surface area contributed by atoms with Crippen LogP contribution in [0.15, 0.2) is 47.9 Å². The molecule has 1 fully saturated rings. The van der Waals surface area contributed by atoms with Crippen LogP contribution in [0.4, 0.5) is 0 Å². The van der Waals surface area contributed by atoms with E-state index in [0.717, 1.165) is 49.8 Å². The van der Waals surface area contributed by atoms with E-state index in [1.165, 1.54) is 5.56 Å². The first-order valence-electron chi connectivity index (χ1n) is 8.32. The number of amidine groups is 1. The van der Waals surface area contributed by atoms with Crippen molar-refractivity contribution < 1.29 is 14.7 Å². The minimum atomic E-state index is 0.301. The highest BCUT2D eigenvalue weighted by atomic mass is 16.7. The molecule has 3 heterocycles. The Balaban J connectivity index is 1.37. The van der Waals surface area contributed by atoms with E-state index in [0.29, 0.717) is 12.6 Å². The Hall–Kier alpha value is -2.80. The molecule has 7 heteroatoms. The Labute approximate surface area is 146 Å². The van der Waals surface area contributed by atoms with Gasteiger partial charge in [0.15, 0.2) is 17.3 Å². The average Bonchev–Trinajstić information content (AvgIpc) is 3.12. The summed E-state index contributed by atoms with van der Waals surface area (Å²) in [7, 11) is 0. The van der Waals surface area contributed by atoms with Gasteiger partial charge in [-0.05, 0) is 29.8 Å². The lowest BCUT2D eigenvalue weighted by Crippen LogP contribution is -2.48. The first kappa shape index (κ1) is 15.7. The first-order valence-corrected chi connectivity index (χ1v) is 8.32. The van der Waals surface area contributed by atoms with E-state index in [4.69, 9.17) is 9.47 Å². The van der Waals surface area contributed by atoms with Gasteiger partial charge in [-0.2, -0.15) is 0 Å². The summed E-state index contributed by atoms with van der Waals surface area (Å²) >= 11 is 0. The van der Waals surface area contributed by atoms with Crippen LogP contribution in [0.3, 0.4) is 0 Å². The van der Waals surface area contributed by atoms with Crippen molar-refractivity contribution in [3.8, 4) is 11.5 Å². The van der Waals surface area contributed by atoms with Gasteiger partial charge >= 0.3 is 0 Å². The summed E-state index contributed by atoms with van der Waals surface area (Å²) in [6, 6.07) is 9.84. The summed E-state index contributed by atoms with van der Waals surface area (Å²) in [4.78, 5) is 8.57. The van der Waals surface area contributed by atoms with Gasteiger partial charge in [-0.3, -0.25) is 9.88 Å². The number of oxime groups is 1. The van der Waals surface area contributed by atoms with Crippen molar-refractivity contribution in [1.82, 2.24) is 14.8 Å². The van der Waals surface area contributed by atoms with E-state index in [9.17, 15) is 5.21 Å². The molecule has 2 aliphatic rings.